The molecular formula is C22H37F3N6O3S. The van der Waals surface area contributed by atoms with Crippen LogP contribution in [0.1, 0.15) is 36.8 Å². The van der Waals surface area contributed by atoms with E-state index >= 15 is 0 Å². The Morgan fingerprint density at radius 1 is 1.34 bits per heavy atom. The molecule has 1 aliphatic carbocycles. The molecule has 1 aromatic carbocycles. The van der Waals surface area contributed by atoms with Crippen LogP contribution < -0.4 is 21.5 Å². The number of thiol groups is 1. The van der Waals surface area contributed by atoms with Gasteiger partial charge in [-0.1, -0.05) is 12.8 Å². The summed E-state index contributed by atoms with van der Waals surface area (Å²) in [5, 5.41) is 15.2. The fourth-order valence-electron chi connectivity index (χ4n) is 4.89. The third-order valence-corrected chi connectivity index (χ3v) is 6.94. The number of piperidine rings is 1. The number of methoxy groups -OCH3 is 1. The van der Waals surface area contributed by atoms with E-state index in [2.05, 4.69) is 27.8 Å². The van der Waals surface area contributed by atoms with Crippen LogP contribution in [0.5, 0.6) is 0 Å². The maximum atomic E-state index is 13.2. The number of halogens is 3. The van der Waals surface area contributed by atoms with Crippen LogP contribution in [0, 0.1) is 11.3 Å². The van der Waals surface area contributed by atoms with Gasteiger partial charge in [0.1, 0.15) is 5.84 Å². The molecule has 0 aromatic heterocycles. The van der Waals surface area contributed by atoms with Gasteiger partial charge in [0.25, 0.3) is 0 Å². The number of nitrogens with one attached hydrogen (secondary N) is 2. The molecule has 3 atom stereocenters. The Hall–Kier alpha value is -1.61. The lowest BCUT2D eigenvalue weighted by atomic mass is 9.95. The molecule has 0 bridgehead atoms. The number of amidine groups is 1. The van der Waals surface area contributed by atoms with E-state index in [9.17, 15) is 13.2 Å². The van der Waals surface area contributed by atoms with E-state index in [0.29, 0.717) is 11.5 Å². The summed E-state index contributed by atoms with van der Waals surface area (Å²) in [6.45, 7) is 3.92. The zero-order valence-electron chi connectivity index (χ0n) is 19.9. The topological polar surface area (TPSA) is 141 Å². The van der Waals surface area contributed by atoms with Crippen molar-refractivity contribution in [3.63, 3.8) is 0 Å². The van der Waals surface area contributed by atoms with Crippen molar-refractivity contribution < 1.29 is 28.4 Å². The fraction of sp³-hybridized carbons (Fsp3) is 0.682. The van der Waals surface area contributed by atoms with E-state index in [4.69, 9.17) is 31.7 Å². The Balaban J connectivity index is 0.00000210. The Kier molecular flexibility index (Phi) is 11.5. The summed E-state index contributed by atoms with van der Waals surface area (Å²) in [7, 11) is 1.73. The third-order valence-electron chi connectivity index (χ3n) is 6.71. The van der Waals surface area contributed by atoms with Gasteiger partial charge in [-0.15, -0.1) is 0 Å². The maximum absolute atomic E-state index is 13.2. The van der Waals surface area contributed by atoms with Crippen molar-refractivity contribution in [2.75, 3.05) is 45.7 Å². The normalized spacial score (nSPS) is 23.2. The molecule has 0 amide bonds. The van der Waals surface area contributed by atoms with E-state index in [1.165, 1.54) is 0 Å². The number of ether oxygens (including phenoxy) is 1. The number of rotatable bonds is 11. The number of fused-ring (bicyclic) bond motifs is 1. The van der Waals surface area contributed by atoms with Crippen molar-refractivity contribution in [1.82, 2.24) is 14.9 Å². The second-order valence-electron chi connectivity index (χ2n) is 8.97. The van der Waals surface area contributed by atoms with Crippen LogP contribution >= 0.6 is 12.8 Å². The number of anilines is 1. The van der Waals surface area contributed by atoms with Crippen LogP contribution in [-0.4, -0.2) is 67.3 Å². The number of nitrogens with two attached hydrogens (primary N) is 2. The van der Waals surface area contributed by atoms with Crippen LogP contribution in [0.25, 0.3) is 0 Å². The lowest BCUT2D eigenvalue weighted by Gasteiger charge is -2.34. The number of aliphatic imine (C=N–C) groups is 1. The molecule has 9 nitrogen and oxygen atoms in total. The molecule has 2 fully saturated rings. The quantitative estimate of drug-likeness (QED) is 0.0447. The Labute approximate surface area is 209 Å². The van der Waals surface area contributed by atoms with Gasteiger partial charge < -0.3 is 26.4 Å². The number of nitrogens with zero attached hydrogens (tertiary/aromatic N) is 2. The van der Waals surface area contributed by atoms with E-state index < -0.39 is 11.7 Å². The molecule has 1 heterocycles. The third kappa shape index (κ3) is 8.20. The number of hydrogen-bond acceptors (Lipinski definition) is 9. The Bertz CT molecular complexity index is 832. The Morgan fingerprint density at radius 3 is 2.71 bits per heavy atom. The summed E-state index contributed by atoms with van der Waals surface area (Å²) in [6.07, 6.45) is -0.385. The van der Waals surface area contributed by atoms with Gasteiger partial charge in [0.2, 0.25) is 0 Å². The molecule has 0 spiro atoms. The van der Waals surface area contributed by atoms with Crippen molar-refractivity contribution in [2.45, 2.75) is 44.5 Å². The monoisotopic (exact) mass is 522 g/mol. The van der Waals surface area contributed by atoms with Crippen molar-refractivity contribution in [3.8, 4) is 0 Å². The minimum atomic E-state index is -4.45. The van der Waals surface area contributed by atoms with Crippen molar-refractivity contribution in [2.24, 2.45) is 22.1 Å². The minimum Gasteiger partial charge on any atom is -0.399 e. The molecule has 13 heteroatoms. The molecule has 1 aliphatic heterocycles. The second kappa shape index (κ2) is 13.6. The highest BCUT2D eigenvalue weighted by molar-refractivity contribution is 7.78. The standard InChI is InChI=1S/C22H35F3N6OS.H2O2/c1-32-19(2-5-30-33)4-7-31-6-3-16-11-21(16,13-31)20(29-14-26)28-12-15-8-17(22(23,24)25)10-18(27)9-15;1-2/h8-10,16,19,30,33H,2-7,11-14,26-27H2,1H3,(H,28,29);1-2H/t16?,19?,21-;/m0./s1. The molecule has 35 heavy (non-hydrogen) atoms. The summed E-state index contributed by atoms with van der Waals surface area (Å²) in [6, 6.07) is 3.60. The molecule has 1 aromatic rings. The van der Waals surface area contributed by atoms with Gasteiger partial charge in [-0.2, -0.15) is 13.2 Å². The maximum Gasteiger partial charge on any atom is 0.416 e. The zero-order chi connectivity index (χ0) is 26.1. The second-order valence-corrected chi connectivity index (χ2v) is 9.29. The number of alkyl halides is 3. The van der Waals surface area contributed by atoms with E-state index in [-0.39, 0.29) is 30.4 Å². The largest absolute Gasteiger partial charge is 0.416 e. The summed E-state index contributed by atoms with van der Waals surface area (Å²) in [5.41, 5.74) is 11.1. The molecule has 3 rings (SSSR count). The average Bonchev–Trinajstić information content (AvgIpc) is 3.57. The van der Waals surface area contributed by atoms with Crippen molar-refractivity contribution >= 4 is 24.3 Å². The van der Waals surface area contributed by atoms with E-state index in [0.717, 1.165) is 69.8 Å². The minimum absolute atomic E-state index is 0.0791. The van der Waals surface area contributed by atoms with Gasteiger partial charge in [-0.3, -0.25) is 20.2 Å². The zero-order valence-corrected chi connectivity index (χ0v) is 20.8. The summed E-state index contributed by atoms with van der Waals surface area (Å²) in [5.74, 6) is 1.31. The molecule has 8 N–H and O–H groups in total. The molecule has 2 unspecified atom stereocenters. The first-order chi connectivity index (χ1) is 16.7. The summed E-state index contributed by atoms with van der Waals surface area (Å²) >= 11 is 4.04. The summed E-state index contributed by atoms with van der Waals surface area (Å²) in [4.78, 5) is 7.14. The molecule has 2 aliphatic rings. The number of likely N-dealkylation sites (tertiary alicyclic amines) is 1. The van der Waals surface area contributed by atoms with Crippen LogP contribution in [-0.2, 0) is 17.5 Å². The van der Waals surface area contributed by atoms with Crippen LogP contribution in [0.3, 0.4) is 0 Å². The lowest BCUT2D eigenvalue weighted by molar-refractivity contribution is -0.176. The number of nitrogen functional groups attached to an aromatic ring is 1. The van der Waals surface area contributed by atoms with Gasteiger partial charge in [0.05, 0.1) is 24.9 Å². The number of benzene rings is 1. The SMILES string of the molecule is COC(CCNS)CCN1CCC2C[C@]2(C(=NCc2cc(N)cc(C(F)(F)F)c2)NCN)C1.OO. The molecule has 0 radical (unpaired) electrons. The molecular weight excluding hydrogens is 485 g/mol. The van der Waals surface area contributed by atoms with E-state index in [1.54, 1.807) is 13.2 Å². The van der Waals surface area contributed by atoms with Gasteiger partial charge in [-0.05, 0) is 61.9 Å². The molecule has 1 saturated heterocycles. The lowest BCUT2D eigenvalue weighted by Crippen LogP contribution is -2.47. The highest BCUT2D eigenvalue weighted by Crippen LogP contribution is 2.58. The Morgan fingerprint density at radius 2 is 2.09 bits per heavy atom. The van der Waals surface area contributed by atoms with Crippen molar-refractivity contribution in [1.29, 1.82) is 0 Å². The first-order valence-electron chi connectivity index (χ1n) is 11.5. The van der Waals surface area contributed by atoms with Crippen LogP contribution in [0.2, 0.25) is 0 Å². The molecule has 200 valence electrons. The molecule has 1 saturated carbocycles. The predicted octanol–water partition coefficient (Wildman–Crippen LogP) is 2.65. The van der Waals surface area contributed by atoms with Gasteiger partial charge >= 0.3 is 6.18 Å². The van der Waals surface area contributed by atoms with Gasteiger partial charge in [0.15, 0.2) is 0 Å². The van der Waals surface area contributed by atoms with Gasteiger partial charge in [0, 0.05) is 37.8 Å². The van der Waals surface area contributed by atoms with E-state index in [1.807, 2.05) is 0 Å². The number of hydrogen-bond donors (Lipinski definition) is 7. The fourth-order valence-corrected chi connectivity index (χ4v) is 5.02. The van der Waals surface area contributed by atoms with Gasteiger partial charge in [-0.25, -0.2) is 0 Å². The van der Waals surface area contributed by atoms with Crippen LogP contribution in [0.15, 0.2) is 23.2 Å². The first-order valence-corrected chi connectivity index (χ1v) is 11.9. The highest BCUT2D eigenvalue weighted by Gasteiger charge is 2.60. The predicted molar refractivity (Wildman–Crippen MR) is 133 cm³/mol. The summed E-state index contributed by atoms with van der Waals surface area (Å²) < 4.78 is 47.9. The van der Waals surface area contributed by atoms with Crippen LogP contribution in [0.4, 0.5) is 18.9 Å². The smallest absolute Gasteiger partial charge is 0.399 e. The average molecular weight is 523 g/mol. The van der Waals surface area contributed by atoms with Crippen molar-refractivity contribution in [3.05, 3.63) is 29.3 Å². The first kappa shape index (κ1) is 29.6. The highest BCUT2D eigenvalue weighted by atomic mass is 32.1.